The van der Waals surface area contributed by atoms with Crippen LogP contribution in [-0.2, 0) is 5.60 Å². The monoisotopic (exact) mass is 303 g/mol. The van der Waals surface area contributed by atoms with Gasteiger partial charge in [-0.05, 0) is 75.4 Å². The van der Waals surface area contributed by atoms with E-state index in [1.165, 1.54) is 19.3 Å². The molecule has 0 saturated heterocycles. The second-order valence-corrected chi connectivity index (χ2v) is 7.68. The van der Waals surface area contributed by atoms with E-state index in [1.54, 1.807) is 7.11 Å². The molecule has 1 aromatic rings. The summed E-state index contributed by atoms with van der Waals surface area (Å²) in [6.45, 7) is 3.03. The largest absolute Gasteiger partial charge is 0.497 e. The maximum atomic E-state index is 11.7. The van der Waals surface area contributed by atoms with E-state index in [0.717, 1.165) is 29.8 Å². The number of methoxy groups -OCH3 is 1. The van der Waals surface area contributed by atoms with Gasteiger partial charge < -0.3 is 14.7 Å². The Hall–Kier alpha value is -1.06. The molecule has 22 heavy (non-hydrogen) atoms. The highest BCUT2D eigenvalue weighted by molar-refractivity contribution is 5.38. The van der Waals surface area contributed by atoms with E-state index in [2.05, 4.69) is 32.0 Å². The van der Waals surface area contributed by atoms with Crippen molar-refractivity contribution in [3.05, 3.63) is 29.3 Å². The van der Waals surface area contributed by atoms with Crippen LogP contribution in [0.3, 0.4) is 0 Å². The molecule has 2 bridgehead atoms. The fourth-order valence-electron chi connectivity index (χ4n) is 4.79. The Labute approximate surface area is 134 Å². The Balaban J connectivity index is 2.02. The van der Waals surface area contributed by atoms with Crippen LogP contribution >= 0.6 is 0 Å². The second-order valence-electron chi connectivity index (χ2n) is 7.68. The molecule has 3 nitrogen and oxygen atoms in total. The van der Waals surface area contributed by atoms with E-state index in [1.807, 2.05) is 12.1 Å². The number of rotatable bonds is 4. The molecule has 0 aliphatic heterocycles. The standard InChI is InChI=1S/C19H29NO2/c1-13-7-16(10-17(8-13)22-4)19(21)11-14-5-6-15(9-14)18(19)12-20(2)3/h7-8,10,14-15,18,21H,5-6,9,11-12H2,1-4H3/t14?,15?,18-,19-/m0/s1. The van der Waals surface area contributed by atoms with Crippen LogP contribution in [0.15, 0.2) is 18.2 Å². The van der Waals surface area contributed by atoms with Crippen molar-refractivity contribution in [3.63, 3.8) is 0 Å². The number of hydrogen-bond acceptors (Lipinski definition) is 3. The third kappa shape index (κ3) is 2.77. The minimum atomic E-state index is -0.715. The molecule has 3 rings (SSSR count). The molecule has 122 valence electrons. The lowest BCUT2D eigenvalue weighted by Crippen LogP contribution is -2.47. The van der Waals surface area contributed by atoms with Gasteiger partial charge in [0.15, 0.2) is 0 Å². The maximum absolute atomic E-state index is 11.7. The Morgan fingerprint density at radius 3 is 2.73 bits per heavy atom. The highest BCUT2D eigenvalue weighted by Crippen LogP contribution is 2.54. The maximum Gasteiger partial charge on any atom is 0.119 e. The normalized spacial score (nSPS) is 34.2. The zero-order chi connectivity index (χ0) is 15.9. The first-order chi connectivity index (χ1) is 10.4. The van der Waals surface area contributed by atoms with E-state index in [0.29, 0.717) is 17.8 Å². The van der Waals surface area contributed by atoms with Crippen molar-refractivity contribution >= 4 is 0 Å². The number of nitrogens with zero attached hydrogens (tertiary/aromatic N) is 1. The number of aliphatic hydroxyl groups is 1. The lowest BCUT2D eigenvalue weighted by molar-refractivity contribution is -0.0892. The lowest BCUT2D eigenvalue weighted by Gasteiger charge is -2.45. The molecule has 1 N–H and O–H groups in total. The fourth-order valence-corrected chi connectivity index (χ4v) is 4.79. The summed E-state index contributed by atoms with van der Waals surface area (Å²) in [6, 6.07) is 6.22. The van der Waals surface area contributed by atoms with Gasteiger partial charge in [0.1, 0.15) is 5.75 Å². The van der Waals surface area contributed by atoms with Gasteiger partial charge in [-0.3, -0.25) is 0 Å². The van der Waals surface area contributed by atoms with Gasteiger partial charge in [0.25, 0.3) is 0 Å². The predicted octanol–water partition coefficient (Wildman–Crippen LogP) is 3.19. The lowest BCUT2D eigenvalue weighted by atomic mass is 9.65. The van der Waals surface area contributed by atoms with Crippen molar-refractivity contribution in [1.82, 2.24) is 4.90 Å². The van der Waals surface area contributed by atoms with E-state index in [9.17, 15) is 5.11 Å². The number of benzene rings is 1. The van der Waals surface area contributed by atoms with Crippen LogP contribution in [0.2, 0.25) is 0 Å². The molecule has 2 unspecified atom stereocenters. The Morgan fingerprint density at radius 1 is 1.27 bits per heavy atom. The Kier molecular flexibility index (Phi) is 4.21. The third-order valence-electron chi connectivity index (χ3n) is 5.71. The first kappa shape index (κ1) is 15.8. The molecule has 2 fully saturated rings. The molecule has 0 heterocycles. The summed E-state index contributed by atoms with van der Waals surface area (Å²) in [6.07, 6.45) is 4.74. The second kappa shape index (κ2) is 5.86. The highest BCUT2D eigenvalue weighted by Gasteiger charge is 2.51. The quantitative estimate of drug-likeness (QED) is 0.927. The van der Waals surface area contributed by atoms with E-state index in [4.69, 9.17) is 4.74 Å². The van der Waals surface area contributed by atoms with Crippen LogP contribution in [0.25, 0.3) is 0 Å². The molecular weight excluding hydrogens is 274 g/mol. The van der Waals surface area contributed by atoms with Crippen LogP contribution in [0.4, 0.5) is 0 Å². The van der Waals surface area contributed by atoms with Gasteiger partial charge in [0.2, 0.25) is 0 Å². The van der Waals surface area contributed by atoms with Gasteiger partial charge >= 0.3 is 0 Å². The van der Waals surface area contributed by atoms with E-state index in [-0.39, 0.29) is 0 Å². The smallest absolute Gasteiger partial charge is 0.119 e. The summed E-state index contributed by atoms with van der Waals surface area (Å²) in [7, 11) is 5.92. The number of aryl methyl sites for hydroxylation is 1. The molecule has 4 atom stereocenters. The predicted molar refractivity (Wildman–Crippen MR) is 89.1 cm³/mol. The van der Waals surface area contributed by atoms with Crippen molar-refractivity contribution in [3.8, 4) is 5.75 Å². The Morgan fingerprint density at radius 2 is 2.05 bits per heavy atom. The van der Waals surface area contributed by atoms with E-state index < -0.39 is 5.60 Å². The van der Waals surface area contributed by atoms with Crippen molar-refractivity contribution in [1.29, 1.82) is 0 Å². The first-order valence-electron chi connectivity index (χ1n) is 8.45. The summed E-state index contributed by atoms with van der Waals surface area (Å²) < 4.78 is 5.44. The average molecular weight is 303 g/mol. The molecule has 3 heteroatoms. The fraction of sp³-hybridized carbons (Fsp3) is 0.684. The van der Waals surface area contributed by atoms with Gasteiger partial charge in [-0.25, -0.2) is 0 Å². The number of ether oxygens (including phenoxy) is 1. The molecule has 0 radical (unpaired) electrons. The third-order valence-corrected chi connectivity index (χ3v) is 5.71. The van der Waals surface area contributed by atoms with Crippen molar-refractivity contribution in [2.24, 2.45) is 17.8 Å². The molecule has 2 aliphatic carbocycles. The van der Waals surface area contributed by atoms with Crippen LogP contribution < -0.4 is 4.74 Å². The van der Waals surface area contributed by atoms with E-state index >= 15 is 0 Å². The summed E-state index contributed by atoms with van der Waals surface area (Å²) in [4.78, 5) is 2.22. The summed E-state index contributed by atoms with van der Waals surface area (Å²) in [5, 5.41) is 11.7. The van der Waals surface area contributed by atoms with Crippen LogP contribution in [0.5, 0.6) is 5.75 Å². The zero-order valence-electron chi connectivity index (χ0n) is 14.3. The van der Waals surface area contributed by atoms with Gasteiger partial charge in [-0.15, -0.1) is 0 Å². The van der Waals surface area contributed by atoms with Gasteiger partial charge in [-0.2, -0.15) is 0 Å². The van der Waals surface area contributed by atoms with Crippen molar-refractivity contribution in [2.75, 3.05) is 27.7 Å². The molecule has 0 amide bonds. The number of fused-ring (bicyclic) bond motifs is 2. The highest BCUT2D eigenvalue weighted by atomic mass is 16.5. The van der Waals surface area contributed by atoms with Crippen LogP contribution in [0.1, 0.15) is 36.8 Å². The molecular formula is C19H29NO2. The molecule has 2 saturated carbocycles. The van der Waals surface area contributed by atoms with Crippen molar-refractivity contribution < 1.29 is 9.84 Å². The Bertz CT molecular complexity index is 542. The number of hydrogen-bond donors (Lipinski definition) is 1. The van der Waals surface area contributed by atoms with Gasteiger partial charge in [0, 0.05) is 12.5 Å². The SMILES string of the molecule is COc1cc(C)cc([C@@]2(O)CC3CCC(C3)[C@@H]2CN(C)C)c1. The van der Waals surface area contributed by atoms with Crippen LogP contribution in [-0.4, -0.2) is 37.8 Å². The van der Waals surface area contributed by atoms with Crippen LogP contribution in [0, 0.1) is 24.7 Å². The van der Waals surface area contributed by atoms with Crippen molar-refractivity contribution in [2.45, 2.75) is 38.2 Å². The molecule has 1 aromatic carbocycles. The minimum absolute atomic E-state index is 0.313. The molecule has 2 aliphatic rings. The molecule has 0 aromatic heterocycles. The zero-order valence-corrected chi connectivity index (χ0v) is 14.3. The first-order valence-corrected chi connectivity index (χ1v) is 8.45. The summed E-state index contributed by atoms with van der Waals surface area (Å²) in [5.41, 5.74) is 1.49. The summed E-state index contributed by atoms with van der Waals surface area (Å²) >= 11 is 0. The van der Waals surface area contributed by atoms with Gasteiger partial charge in [-0.1, -0.05) is 12.5 Å². The molecule has 0 spiro atoms. The summed E-state index contributed by atoms with van der Waals surface area (Å²) in [5.74, 6) is 2.50. The minimum Gasteiger partial charge on any atom is -0.497 e. The van der Waals surface area contributed by atoms with Gasteiger partial charge in [0.05, 0.1) is 12.7 Å². The topological polar surface area (TPSA) is 32.7 Å². The average Bonchev–Trinajstić information content (AvgIpc) is 2.86.